The molecule has 1 aromatic carbocycles. The van der Waals surface area contributed by atoms with Gasteiger partial charge >= 0.3 is 0 Å². The molecule has 2 N–H and O–H groups in total. The van der Waals surface area contributed by atoms with E-state index in [1.807, 2.05) is 32.0 Å². The van der Waals surface area contributed by atoms with Gasteiger partial charge in [-0.25, -0.2) is 0 Å². The summed E-state index contributed by atoms with van der Waals surface area (Å²) in [5.74, 6) is 1.39. The van der Waals surface area contributed by atoms with Crippen molar-refractivity contribution in [1.82, 2.24) is 0 Å². The van der Waals surface area contributed by atoms with Gasteiger partial charge in [0.05, 0.1) is 33.0 Å². The first-order valence-electron chi connectivity index (χ1n) is 5.67. The van der Waals surface area contributed by atoms with Gasteiger partial charge in [-0.15, -0.1) is 0 Å². The van der Waals surface area contributed by atoms with E-state index in [0.29, 0.717) is 18.1 Å². The summed E-state index contributed by atoms with van der Waals surface area (Å²) in [6, 6.07) is 5.50. The topological polar surface area (TPSA) is 53.7 Å². The Morgan fingerprint density at radius 2 is 1.76 bits per heavy atom. The standard InChI is InChI=1S/C13H21NO3/c1-9(2)17-8-11(14)10-5-6-12(15-3)13(7-10)16-4/h5-7,9,11H,8,14H2,1-4H3. The van der Waals surface area contributed by atoms with Crippen molar-refractivity contribution in [2.45, 2.75) is 26.0 Å². The second-order valence-corrected chi connectivity index (χ2v) is 4.10. The van der Waals surface area contributed by atoms with Crippen molar-refractivity contribution in [3.05, 3.63) is 23.8 Å². The van der Waals surface area contributed by atoms with Gasteiger partial charge in [-0.1, -0.05) is 6.07 Å². The molecule has 1 unspecified atom stereocenters. The predicted molar refractivity (Wildman–Crippen MR) is 67.6 cm³/mol. The summed E-state index contributed by atoms with van der Waals surface area (Å²) in [4.78, 5) is 0. The zero-order valence-electron chi connectivity index (χ0n) is 10.9. The lowest BCUT2D eigenvalue weighted by Gasteiger charge is -2.16. The minimum absolute atomic E-state index is 0.155. The Morgan fingerprint density at radius 3 is 2.29 bits per heavy atom. The Labute approximate surface area is 103 Å². The molecule has 0 radical (unpaired) electrons. The summed E-state index contributed by atoms with van der Waals surface area (Å²) in [6.07, 6.45) is 0.182. The molecule has 0 aliphatic rings. The van der Waals surface area contributed by atoms with Gasteiger partial charge in [0.1, 0.15) is 0 Å². The summed E-state index contributed by atoms with van der Waals surface area (Å²) in [5.41, 5.74) is 7.01. The molecule has 0 aliphatic carbocycles. The first kappa shape index (κ1) is 13.8. The largest absolute Gasteiger partial charge is 0.493 e. The van der Waals surface area contributed by atoms with Crippen molar-refractivity contribution in [2.75, 3.05) is 20.8 Å². The van der Waals surface area contributed by atoms with Crippen LogP contribution in [0.3, 0.4) is 0 Å². The van der Waals surface area contributed by atoms with E-state index in [4.69, 9.17) is 19.9 Å². The van der Waals surface area contributed by atoms with E-state index < -0.39 is 0 Å². The number of benzene rings is 1. The van der Waals surface area contributed by atoms with Crippen LogP contribution in [-0.2, 0) is 4.74 Å². The minimum atomic E-state index is -0.155. The molecule has 17 heavy (non-hydrogen) atoms. The number of hydrogen-bond acceptors (Lipinski definition) is 4. The average molecular weight is 239 g/mol. The van der Waals surface area contributed by atoms with Crippen LogP contribution in [-0.4, -0.2) is 26.9 Å². The molecule has 0 spiro atoms. The SMILES string of the molecule is COc1ccc(C(N)COC(C)C)cc1OC. The highest BCUT2D eigenvalue weighted by molar-refractivity contribution is 5.43. The zero-order valence-corrected chi connectivity index (χ0v) is 10.9. The molecule has 0 bridgehead atoms. The number of methoxy groups -OCH3 is 2. The van der Waals surface area contributed by atoms with Gasteiger partial charge in [-0.2, -0.15) is 0 Å². The monoisotopic (exact) mass is 239 g/mol. The van der Waals surface area contributed by atoms with Gasteiger partial charge in [-0.05, 0) is 31.5 Å². The van der Waals surface area contributed by atoms with Gasteiger partial charge in [0.2, 0.25) is 0 Å². The molecule has 0 aliphatic heterocycles. The van der Waals surface area contributed by atoms with Crippen molar-refractivity contribution >= 4 is 0 Å². The van der Waals surface area contributed by atoms with Gasteiger partial charge in [0.25, 0.3) is 0 Å². The Balaban J connectivity index is 2.77. The summed E-state index contributed by atoms with van der Waals surface area (Å²) in [7, 11) is 3.22. The third-order valence-electron chi connectivity index (χ3n) is 2.44. The van der Waals surface area contributed by atoms with Crippen molar-refractivity contribution in [3.8, 4) is 11.5 Å². The summed E-state index contributed by atoms with van der Waals surface area (Å²) < 4.78 is 15.9. The van der Waals surface area contributed by atoms with E-state index in [9.17, 15) is 0 Å². The van der Waals surface area contributed by atoms with Crippen LogP contribution in [0.15, 0.2) is 18.2 Å². The van der Waals surface area contributed by atoms with E-state index in [1.165, 1.54) is 0 Å². The second-order valence-electron chi connectivity index (χ2n) is 4.10. The molecule has 1 atom stereocenters. The lowest BCUT2D eigenvalue weighted by Crippen LogP contribution is -2.19. The van der Waals surface area contributed by atoms with Crippen LogP contribution in [0.1, 0.15) is 25.5 Å². The van der Waals surface area contributed by atoms with Crippen molar-refractivity contribution in [2.24, 2.45) is 5.73 Å². The van der Waals surface area contributed by atoms with E-state index >= 15 is 0 Å². The van der Waals surface area contributed by atoms with Crippen LogP contribution >= 0.6 is 0 Å². The van der Waals surface area contributed by atoms with Crippen LogP contribution in [0.2, 0.25) is 0 Å². The molecule has 0 aromatic heterocycles. The van der Waals surface area contributed by atoms with Crippen molar-refractivity contribution in [3.63, 3.8) is 0 Å². The molecule has 0 fully saturated rings. The number of nitrogens with two attached hydrogens (primary N) is 1. The number of hydrogen-bond donors (Lipinski definition) is 1. The van der Waals surface area contributed by atoms with Gasteiger partial charge in [-0.3, -0.25) is 0 Å². The van der Waals surface area contributed by atoms with E-state index in [2.05, 4.69) is 0 Å². The molecule has 4 nitrogen and oxygen atoms in total. The third-order valence-corrected chi connectivity index (χ3v) is 2.44. The maximum atomic E-state index is 6.04. The quantitative estimate of drug-likeness (QED) is 0.826. The first-order valence-corrected chi connectivity index (χ1v) is 5.67. The molecule has 0 amide bonds. The van der Waals surface area contributed by atoms with E-state index in [-0.39, 0.29) is 12.1 Å². The fourth-order valence-electron chi connectivity index (χ4n) is 1.48. The van der Waals surface area contributed by atoms with Crippen LogP contribution in [0.5, 0.6) is 11.5 Å². The molecule has 0 heterocycles. The minimum Gasteiger partial charge on any atom is -0.493 e. The first-order chi connectivity index (χ1) is 8.08. The Hall–Kier alpha value is -1.26. The van der Waals surface area contributed by atoms with E-state index in [1.54, 1.807) is 14.2 Å². The van der Waals surface area contributed by atoms with Crippen molar-refractivity contribution in [1.29, 1.82) is 0 Å². The molecule has 4 heteroatoms. The summed E-state index contributed by atoms with van der Waals surface area (Å²) >= 11 is 0. The normalized spacial score (nSPS) is 12.6. The Bertz CT molecular complexity index is 353. The second kappa shape index (κ2) is 6.47. The summed E-state index contributed by atoms with van der Waals surface area (Å²) in [5, 5.41) is 0. The average Bonchev–Trinajstić information content (AvgIpc) is 2.34. The fraction of sp³-hybridized carbons (Fsp3) is 0.538. The highest BCUT2D eigenvalue weighted by Gasteiger charge is 2.11. The lowest BCUT2D eigenvalue weighted by atomic mass is 10.1. The highest BCUT2D eigenvalue weighted by atomic mass is 16.5. The number of rotatable bonds is 6. The van der Waals surface area contributed by atoms with Crippen molar-refractivity contribution < 1.29 is 14.2 Å². The molecule has 1 aromatic rings. The Morgan fingerprint density at radius 1 is 1.12 bits per heavy atom. The van der Waals surface area contributed by atoms with Crippen LogP contribution < -0.4 is 15.2 Å². The van der Waals surface area contributed by atoms with Crippen LogP contribution in [0.25, 0.3) is 0 Å². The zero-order chi connectivity index (χ0) is 12.8. The summed E-state index contributed by atoms with van der Waals surface area (Å²) in [6.45, 7) is 4.47. The number of ether oxygens (including phenoxy) is 3. The highest BCUT2D eigenvalue weighted by Crippen LogP contribution is 2.29. The van der Waals surface area contributed by atoms with Crippen LogP contribution in [0, 0.1) is 0 Å². The van der Waals surface area contributed by atoms with Gasteiger partial charge in [0.15, 0.2) is 11.5 Å². The van der Waals surface area contributed by atoms with E-state index in [0.717, 1.165) is 5.56 Å². The third kappa shape index (κ3) is 3.91. The Kier molecular flexibility index (Phi) is 5.25. The maximum absolute atomic E-state index is 6.04. The molecule has 96 valence electrons. The fourth-order valence-corrected chi connectivity index (χ4v) is 1.48. The molecule has 1 rings (SSSR count). The predicted octanol–water partition coefficient (Wildman–Crippen LogP) is 2.13. The molecule has 0 saturated carbocycles. The maximum Gasteiger partial charge on any atom is 0.161 e. The van der Waals surface area contributed by atoms with Gasteiger partial charge in [0, 0.05) is 0 Å². The van der Waals surface area contributed by atoms with Gasteiger partial charge < -0.3 is 19.9 Å². The van der Waals surface area contributed by atoms with Crippen LogP contribution in [0.4, 0.5) is 0 Å². The molecular formula is C13H21NO3. The molecular weight excluding hydrogens is 218 g/mol. The lowest BCUT2D eigenvalue weighted by molar-refractivity contribution is 0.0682. The molecule has 0 saturated heterocycles. The smallest absolute Gasteiger partial charge is 0.161 e.